The molecule has 1 aliphatic heterocycles. The number of hydrogen-bond acceptors (Lipinski definition) is 3. The minimum absolute atomic E-state index is 0. The van der Waals surface area contributed by atoms with Crippen LogP contribution in [0.2, 0.25) is 0 Å². The van der Waals surface area contributed by atoms with Crippen LogP contribution in [0, 0.1) is 0 Å². The van der Waals surface area contributed by atoms with Gasteiger partial charge in [0.1, 0.15) is 0 Å². The van der Waals surface area contributed by atoms with Crippen LogP contribution in [0.25, 0.3) is 0 Å². The van der Waals surface area contributed by atoms with Crippen molar-refractivity contribution in [2.24, 2.45) is 0 Å². The summed E-state index contributed by atoms with van der Waals surface area (Å²) in [5.41, 5.74) is 0. The number of likely N-dealkylation sites (N-methyl/N-ethyl adjacent to an activating group) is 1. The van der Waals surface area contributed by atoms with Gasteiger partial charge in [-0.1, -0.05) is 0 Å². The van der Waals surface area contributed by atoms with Gasteiger partial charge >= 0.3 is 0 Å². The van der Waals surface area contributed by atoms with Crippen LogP contribution in [0.4, 0.5) is 0 Å². The van der Waals surface area contributed by atoms with Crippen LogP contribution >= 0.6 is 12.4 Å². The molecular weight excluding hydrogens is 212 g/mol. The van der Waals surface area contributed by atoms with Crippen LogP contribution < -0.4 is 5.32 Å². The Hall–Kier alpha value is 0.160. The minimum atomic E-state index is -2.95. The number of sulfonamides is 1. The van der Waals surface area contributed by atoms with Gasteiger partial charge in [0, 0.05) is 19.1 Å². The fourth-order valence-corrected chi connectivity index (χ4v) is 2.55. The standard InChI is InChI=1S/C7H16N2O2S.ClH/c1-3-12(10,11)9-5-4-7(6-9)8-2;/h7-8H,3-6H2,1-2H3;1H/t7-;/m1./s1. The Morgan fingerprint density at radius 1 is 1.54 bits per heavy atom. The van der Waals surface area contributed by atoms with Crippen molar-refractivity contribution in [3.63, 3.8) is 0 Å². The van der Waals surface area contributed by atoms with Gasteiger partial charge in [-0.05, 0) is 20.4 Å². The number of nitrogens with zero attached hydrogens (tertiary/aromatic N) is 1. The van der Waals surface area contributed by atoms with Gasteiger partial charge in [0.05, 0.1) is 5.75 Å². The van der Waals surface area contributed by atoms with Crippen LogP contribution in [-0.4, -0.2) is 44.7 Å². The first-order valence-electron chi connectivity index (χ1n) is 4.25. The van der Waals surface area contributed by atoms with E-state index in [1.54, 1.807) is 11.2 Å². The third kappa shape index (κ3) is 3.09. The van der Waals surface area contributed by atoms with Gasteiger partial charge in [0.2, 0.25) is 10.0 Å². The summed E-state index contributed by atoms with van der Waals surface area (Å²) >= 11 is 0. The van der Waals surface area contributed by atoms with Crippen LogP contribution in [0.3, 0.4) is 0 Å². The topological polar surface area (TPSA) is 49.4 Å². The Labute approximate surface area is 86.1 Å². The Morgan fingerprint density at radius 3 is 2.54 bits per heavy atom. The second kappa shape index (κ2) is 5.14. The third-order valence-electron chi connectivity index (χ3n) is 2.32. The summed E-state index contributed by atoms with van der Waals surface area (Å²) in [5.74, 6) is 0.212. The van der Waals surface area contributed by atoms with Crippen LogP contribution in [0.1, 0.15) is 13.3 Å². The summed E-state index contributed by atoms with van der Waals surface area (Å²) in [6.45, 7) is 2.98. The van der Waals surface area contributed by atoms with Gasteiger partial charge in [-0.2, -0.15) is 0 Å². The van der Waals surface area contributed by atoms with Crippen molar-refractivity contribution in [2.75, 3.05) is 25.9 Å². The van der Waals surface area contributed by atoms with Gasteiger partial charge in [-0.3, -0.25) is 0 Å². The Kier molecular flexibility index (Phi) is 5.21. The highest BCUT2D eigenvalue weighted by molar-refractivity contribution is 7.89. The molecule has 0 aromatic heterocycles. The summed E-state index contributed by atoms with van der Waals surface area (Å²) in [7, 11) is -1.08. The lowest BCUT2D eigenvalue weighted by atomic mass is 10.3. The fourth-order valence-electron chi connectivity index (χ4n) is 1.40. The maximum atomic E-state index is 11.4. The van der Waals surface area contributed by atoms with E-state index in [9.17, 15) is 8.42 Å². The molecule has 4 nitrogen and oxygen atoms in total. The van der Waals surface area contributed by atoms with E-state index in [0.717, 1.165) is 6.42 Å². The van der Waals surface area contributed by atoms with E-state index in [1.807, 2.05) is 7.05 Å². The molecule has 0 aromatic carbocycles. The highest BCUT2D eigenvalue weighted by Crippen LogP contribution is 2.13. The Bertz CT molecular complexity index is 243. The van der Waals surface area contributed by atoms with Crippen LogP contribution in [0.5, 0.6) is 0 Å². The summed E-state index contributed by atoms with van der Waals surface area (Å²) in [6, 6.07) is 0.339. The van der Waals surface area contributed by atoms with Crippen molar-refractivity contribution in [1.29, 1.82) is 0 Å². The molecular formula is C7H17ClN2O2S. The molecule has 6 heteroatoms. The summed E-state index contributed by atoms with van der Waals surface area (Å²) in [4.78, 5) is 0. The van der Waals surface area contributed by atoms with Crippen molar-refractivity contribution in [3.8, 4) is 0 Å². The largest absolute Gasteiger partial charge is 0.316 e. The van der Waals surface area contributed by atoms with E-state index in [-0.39, 0.29) is 18.2 Å². The molecule has 0 spiro atoms. The van der Waals surface area contributed by atoms with E-state index in [0.29, 0.717) is 19.1 Å². The van der Waals surface area contributed by atoms with Gasteiger partial charge in [0.15, 0.2) is 0 Å². The second-order valence-corrected chi connectivity index (χ2v) is 5.29. The van der Waals surface area contributed by atoms with Gasteiger partial charge in [-0.15, -0.1) is 12.4 Å². The number of nitrogens with one attached hydrogen (secondary N) is 1. The second-order valence-electron chi connectivity index (χ2n) is 3.03. The smallest absolute Gasteiger partial charge is 0.213 e. The molecule has 0 amide bonds. The molecule has 1 heterocycles. The molecule has 1 atom stereocenters. The van der Waals surface area contributed by atoms with Crippen molar-refractivity contribution in [1.82, 2.24) is 9.62 Å². The van der Waals surface area contributed by atoms with Crippen molar-refractivity contribution in [3.05, 3.63) is 0 Å². The maximum Gasteiger partial charge on any atom is 0.213 e. The molecule has 1 aliphatic rings. The molecule has 80 valence electrons. The SMILES string of the molecule is CCS(=O)(=O)N1CC[C@@H](NC)C1.Cl. The van der Waals surface area contributed by atoms with E-state index >= 15 is 0 Å². The molecule has 13 heavy (non-hydrogen) atoms. The molecule has 1 saturated heterocycles. The molecule has 1 rings (SSSR count). The summed E-state index contributed by atoms with van der Waals surface area (Å²) < 4.78 is 24.3. The number of rotatable bonds is 3. The first kappa shape index (κ1) is 13.2. The predicted molar refractivity (Wildman–Crippen MR) is 55.7 cm³/mol. The molecule has 0 unspecified atom stereocenters. The molecule has 1 fully saturated rings. The predicted octanol–water partition coefficient (Wildman–Crippen LogP) is 0.0516. The molecule has 0 saturated carbocycles. The zero-order chi connectivity index (χ0) is 9.19. The van der Waals surface area contributed by atoms with E-state index in [1.165, 1.54) is 0 Å². The lowest BCUT2D eigenvalue weighted by Gasteiger charge is -2.14. The molecule has 0 radical (unpaired) electrons. The Morgan fingerprint density at radius 2 is 2.15 bits per heavy atom. The van der Waals surface area contributed by atoms with Crippen LogP contribution in [-0.2, 0) is 10.0 Å². The molecule has 0 aliphatic carbocycles. The molecule has 0 bridgehead atoms. The van der Waals surface area contributed by atoms with Crippen molar-refractivity contribution in [2.45, 2.75) is 19.4 Å². The average Bonchev–Trinajstić information content (AvgIpc) is 2.52. The van der Waals surface area contributed by atoms with Gasteiger partial charge in [-0.25, -0.2) is 12.7 Å². The van der Waals surface area contributed by atoms with Crippen molar-refractivity contribution < 1.29 is 8.42 Å². The summed E-state index contributed by atoms with van der Waals surface area (Å²) in [6.07, 6.45) is 0.926. The van der Waals surface area contributed by atoms with E-state index in [4.69, 9.17) is 0 Å². The molecule has 1 N–H and O–H groups in total. The van der Waals surface area contributed by atoms with Gasteiger partial charge < -0.3 is 5.32 Å². The highest BCUT2D eigenvalue weighted by atomic mass is 35.5. The highest BCUT2D eigenvalue weighted by Gasteiger charge is 2.28. The zero-order valence-electron chi connectivity index (χ0n) is 7.99. The monoisotopic (exact) mass is 228 g/mol. The minimum Gasteiger partial charge on any atom is -0.316 e. The van der Waals surface area contributed by atoms with Crippen LogP contribution in [0.15, 0.2) is 0 Å². The summed E-state index contributed by atoms with van der Waals surface area (Å²) in [5, 5.41) is 3.08. The normalized spacial score (nSPS) is 24.3. The third-order valence-corrected chi connectivity index (χ3v) is 4.17. The molecule has 0 aromatic rings. The maximum absolute atomic E-state index is 11.4. The average molecular weight is 229 g/mol. The first-order valence-corrected chi connectivity index (χ1v) is 5.86. The lowest BCUT2D eigenvalue weighted by Crippen LogP contribution is -2.34. The number of hydrogen-bond donors (Lipinski definition) is 1. The van der Waals surface area contributed by atoms with Gasteiger partial charge in [0.25, 0.3) is 0 Å². The quantitative estimate of drug-likeness (QED) is 0.743. The lowest BCUT2D eigenvalue weighted by molar-refractivity contribution is 0.465. The number of halogens is 1. The van der Waals surface area contributed by atoms with E-state index < -0.39 is 10.0 Å². The van der Waals surface area contributed by atoms with Crippen molar-refractivity contribution >= 4 is 22.4 Å². The zero-order valence-corrected chi connectivity index (χ0v) is 9.62. The van der Waals surface area contributed by atoms with E-state index in [2.05, 4.69) is 5.32 Å². The fraction of sp³-hybridized carbons (Fsp3) is 1.00. The Balaban J connectivity index is 0.00000144. The first-order chi connectivity index (χ1) is 5.60.